The molecule has 1 saturated heterocycles. The molecule has 4 aromatic rings. The molecule has 36 heavy (non-hydrogen) atoms. The molecule has 0 radical (unpaired) electrons. The molecule has 186 valence electrons. The van der Waals surface area contributed by atoms with Crippen molar-refractivity contribution in [1.29, 1.82) is 0 Å². The number of nitrogens with one attached hydrogen (secondary N) is 1. The third kappa shape index (κ3) is 5.48. The molecule has 1 atom stereocenters. The number of ether oxygens (including phenoxy) is 1. The molecule has 8 heteroatoms. The molecule has 1 aromatic carbocycles. The van der Waals surface area contributed by atoms with Crippen molar-refractivity contribution in [3.05, 3.63) is 71.4 Å². The quantitative estimate of drug-likeness (QED) is 0.358. The van der Waals surface area contributed by atoms with Crippen LogP contribution in [-0.2, 0) is 16.7 Å². The van der Waals surface area contributed by atoms with Crippen LogP contribution in [0.3, 0.4) is 0 Å². The van der Waals surface area contributed by atoms with Gasteiger partial charge in [0.15, 0.2) is 0 Å². The van der Waals surface area contributed by atoms with Gasteiger partial charge in [-0.25, -0.2) is 9.97 Å². The van der Waals surface area contributed by atoms with Gasteiger partial charge in [-0.3, -0.25) is 14.9 Å². The van der Waals surface area contributed by atoms with Crippen LogP contribution < -0.4 is 5.32 Å². The van der Waals surface area contributed by atoms with Crippen molar-refractivity contribution in [2.24, 2.45) is 0 Å². The summed E-state index contributed by atoms with van der Waals surface area (Å²) in [5.41, 5.74) is 4.40. The predicted molar refractivity (Wildman–Crippen MR) is 145 cm³/mol. The molecular formula is C28H31ClN6O. The van der Waals surface area contributed by atoms with E-state index in [4.69, 9.17) is 26.3 Å². The summed E-state index contributed by atoms with van der Waals surface area (Å²) in [5, 5.41) is 5.01. The lowest BCUT2D eigenvalue weighted by atomic mass is 9.92. The lowest BCUT2D eigenvalue weighted by molar-refractivity contribution is -0.0219. The Kier molecular flexibility index (Phi) is 6.88. The molecule has 3 aromatic heterocycles. The number of halogens is 1. The number of pyridine rings is 2. The number of nitrogens with zero attached hydrogens (tertiary/aromatic N) is 5. The third-order valence-corrected chi connectivity index (χ3v) is 6.56. The Hall–Kier alpha value is -3.13. The van der Waals surface area contributed by atoms with Gasteiger partial charge in [0, 0.05) is 41.3 Å². The minimum atomic E-state index is -0.00818. The van der Waals surface area contributed by atoms with Crippen LogP contribution in [-0.4, -0.2) is 50.6 Å². The SMILES string of the molecule is C[C@@H]1CN(Cc2nc(Nc3ccc(C(C)(C)C)nc3)c3ccc(-c4ncccc4Cl)cc3n2)CCO1. The highest BCUT2D eigenvalue weighted by Crippen LogP contribution is 2.31. The molecule has 4 heterocycles. The fourth-order valence-corrected chi connectivity index (χ4v) is 4.60. The second-order valence-corrected chi connectivity index (χ2v) is 10.7. The van der Waals surface area contributed by atoms with Crippen LogP contribution >= 0.6 is 11.6 Å². The Morgan fingerprint density at radius 2 is 1.97 bits per heavy atom. The van der Waals surface area contributed by atoms with Gasteiger partial charge in [-0.1, -0.05) is 38.4 Å². The molecule has 0 unspecified atom stereocenters. The van der Waals surface area contributed by atoms with E-state index < -0.39 is 0 Å². The Morgan fingerprint density at radius 1 is 1.11 bits per heavy atom. The van der Waals surface area contributed by atoms with Gasteiger partial charge in [0.25, 0.3) is 0 Å². The van der Waals surface area contributed by atoms with Gasteiger partial charge in [0.2, 0.25) is 0 Å². The number of morpholine rings is 1. The minimum Gasteiger partial charge on any atom is -0.376 e. The smallest absolute Gasteiger partial charge is 0.145 e. The molecule has 0 amide bonds. The zero-order valence-corrected chi connectivity index (χ0v) is 21.9. The van der Waals surface area contributed by atoms with Crippen molar-refractivity contribution in [1.82, 2.24) is 24.8 Å². The van der Waals surface area contributed by atoms with E-state index in [-0.39, 0.29) is 11.5 Å². The molecule has 5 rings (SSSR count). The predicted octanol–water partition coefficient (Wildman–Crippen LogP) is 6.00. The van der Waals surface area contributed by atoms with Gasteiger partial charge in [-0.15, -0.1) is 0 Å². The average Bonchev–Trinajstić information content (AvgIpc) is 2.84. The zero-order chi connectivity index (χ0) is 25.3. The van der Waals surface area contributed by atoms with Crippen molar-refractivity contribution < 1.29 is 4.74 Å². The van der Waals surface area contributed by atoms with Crippen LogP contribution in [0.25, 0.3) is 22.2 Å². The highest BCUT2D eigenvalue weighted by molar-refractivity contribution is 6.33. The van der Waals surface area contributed by atoms with Gasteiger partial charge < -0.3 is 10.1 Å². The first-order chi connectivity index (χ1) is 17.3. The summed E-state index contributed by atoms with van der Waals surface area (Å²) in [6.45, 7) is 11.6. The second-order valence-electron chi connectivity index (χ2n) is 10.3. The number of rotatable bonds is 5. The molecule has 0 bridgehead atoms. The zero-order valence-electron chi connectivity index (χ0n) is 21.1. The highest BCUT2D eigenvalue weighted by Gasteiger charge is 2.20. The largest absolute Gasteiger partial charge is 0.376 e. The van der Waals surface area contributed by atoms with Crippen LogP contribution in [0, 0.1) is 0 Å². The van der Waals surface area contributed by atoms with Crippen molar-refractivity contribution >= 4 is 34.0 Å². The summed E-state index contributed by atoms with van der Waals surface area (Å²) in [6.07, 6.45) is 3.81. The fraction of sp³-hybridized carbons (Fsp3) is 0.357. The summed E-state index contributed by atoms with van der Waals surface area (Å²) in [6, 6.07) is 13.8. The standard InChI is InChI=1S/C28H31ClN6O/c1-18-16-35(12-13-36-18)17-25-33-23-14-19(26-22(29)6-5-11-30-26)7-9-21(23)27(34-25)32-20-8-10-24(31-15-20)28(2,3)4/h5-11,14-15,18H,12-13,16-17H2,1-4H3,(H,32,33,34)/t18-/m1/s1. The number of benzene rings is 1. The first-order valence-corrected chi connectivity index (χ1v) is 12.6. The van der Waals surface area contributed by atoms with Gasteiger partial charge in [0.05, 0.1) is 47.4 Å². The number of hydrogen-bond donors (Lipinski definition) is 1. The van der Waals surface area contributed by atoms with Crippen molar-refractivity contribution in [2.75, 3.05) is 25.0 Å². The topological polar surface area (TPSA) is 76.1 Å². The molecule has 7 nitrogen and oxygen atoms in total. The highest BCUT2D eigenvalue weighted by atomic mass is 35.5. The van der Waals surface area contributed by atoms with Gasteiger partial charge in [-0.05, 0) is 43.3 Å². The van der Waals surface area contributed by atoms with Crippen LogP contribution in [0.15, 0.2) is 54.9 Å². The first kappa shape index (κ1) is 24.6. The molecule has 0 aliphatic carbocycles. The van der Waals surface area contributed by atoms with Crippen LogP contribution in [0.2, 0.25) is 5.02 Å². The number of anilines is 2. The molecule has 1 aliphatic heterocycles. The monoisotopic (exact) mass is 502 g/mol. The Balaban J connectivity index is 1.54. The summed E-state index contributed by atoms with van der Waals surface area (Å²) in [7, 11) is 0. The maximum Gasteiger partial charge on any atom is 0.145 e. The Morgan fingerprint density at radius 3 is 2.69 bits per heavy atom. The van der Waals surface area contributed by atoms with Crippen LogP contribution in [0.4, 0.5) is 11.5 Å². The summed E-state index contributed by atoms with van der Waals surface area (Å²) in [5.74, 6) is 1.50. The maximum atomic E-state index is 6.43. The molecule has 1 aliphatic rings. The Bertz CT molecular complexity index is 1370. The lowest BCUT2D eigenvalue weighted by Gasteiger charge is -2.30. The fourth-order valence-electron chi connectivity index (χ4n) is 4.37. The average molecular weight is 503 g/mol. The molecule has 1 fully saturated rings. The van der Waals surface area contributed by atoms with Gasteiger partial charge in [0.1, 0.15) is 11.6 Å². The summed E-state index contributed by atoms with van der Waals surface area (Å²) >= 11 is 6.43. The van der Waals surface area contributed by atoms with Crippen molar-refractivity contribution in [3.8, 4) is 11.3 Å². The van der Waals surface area contributed by atoms with Crippen molar-refractivity contribution in [2.45, 2.75) is 45.8 Å². The molecule has 0 saturated carbocycles. The van der Waals surface area contributed by atoms with E-state index in [9.17, 15) is 0 Å². The normalized spacial score (nSPS) is 16.9. The van der Waals surface area contributed by atoms with Crippen LogP contribution in [0.5, 0.6) is 0 Å². The van der Waals surface area contributed by atoms with E-state index in [0.29, 0.717) is 18.2 Å². The van der Waals surface area contributed by atoms with E-state index in [1.165, 1.54) is 0 Å². The van der Waals surface area contributed by atoms with E-state index in [0.717, 1.165) is 58.3 Å². The minimum absolute atomic E-state index is 0.00818. The van der Waals surface area contributed by atoms with E-state index >= 15 is 0 Å². The summed E-state index contributed by atoms with van der Waals surface area (Å²) in [4.78, 5) is 21.3. The van der Waals surface area contributed by atoms with E-state index in [1.807, 2.05) is 42.6 Å². The van der Waals surface area contributed by atoms with E-state index in [2.05, 4.69) is 53.9 Å². The van der Waals surface area contributed by atoms with E-state index in [1.54, 1.807) is 6.20 Å². The Labute approximate surface area is 216 Å². The van der Waals surface area contributed by atoms with Gasteiger partial charge >= 0.3 is 0 Å². The first-order valence-electron chi connectivity index (χ1n) is 12.3. The lowest BCUT2D eigenvalue weighted by Crippen LogP contribution is -2.40. The molecule has 0 spiro atoms. The molecular weight excluding hydrogens is 472 g/mol. The number of aromatic nitrogens is 4. The van der Waals surface area contributed by atoms with Crippen molar-refractivity contribution in [3.63, 3.8) is 0 Å². The second kappa shape index (κ2) is 10.1. The molecule has 1 N–H and O–H groups in total. The van der Waals surface area contributed by atoms with Gasteiger partial charge in [-0.2, -0.15) is 0 Å². The maximum absolute atomic E-state index is 6.43. The van der Waals surface area contributed by atoms with Crippen LogP contribution in [0.1, 0.15) is 39.2 Å². The number of hydrogen-bond acceptors (Lipinski definition) is 7. The number of fused-ring (bicyclic) bond motifs is 1. The third-order valence-electron chi connectivity index (χ3n) is 6.26. The summed E-state index contributed by atoms with van der Waals surface area (Å²) < 4.78 is 5.71.